The fourth-order valence-electron chi connectivity index (χ4n) is 1.09. The van der Waals surface area contributed by atoms with Gasteiger partial charge in [0.25, 0.3) is 0 Å². The molecule has 0 spiro atoms. The van der Waals surface area contributed by atoms with Crippen molar-refractivity contribution in [2.24, 2.45) is 5.41 Å². The first-order valence-electron chi connectivity index (χ1n) is 5.30. The van der Waals surface area contributed by atoms with Gasteiger partial charge in [0.15, 0.2) is 0 Å². The van der Waals surface area contributed by atoms with Gasteiger partial charge in [-0.2, -0.15) is 0 Å². The van der Waals surface area contributed by atoms with Gasteiger partial charge in [-0.05, 0) is 25.2 Å². The molecule has 0 heterocycles. The first kappa shape index (κ1) is 13.4. The Bertz CT molecular complexity index is 161. The minimum absolute atomic E-state index is 0.0132. The topological polar surface area (TPSA) is 38.3 Å². The molecule has 3 heteroatoms. The molecule has 0 saturated carbocycles. The molecule has 0 unspecified atom stereocenters. The minimum Gasteiger partial charge on any atom is -0.372 e. The average Bonchev–Trinajstić information content (AvgIpc) is 2.07. The summed E-state index contributed by atoms with van der Waals surface area (Å²) in [6.07, 6.45) is 2.16. The van der Waals surface area contributed by atoms with Crippen LogP contribution in [0.3, 0.4) is 0 Å². The Hall–Kier alpha value is -0.570. The van der Waals surface area contributed by atoms with Gasteiger partial charge >= 0.3 is 0 Å². The maximum absolute atomic E-state index is 11.1. The van der Waals surface area contributed by atoms with Crippen LogP contribution in [0.5, 0.6) is 0 Å². The predicted molar refractivity (Wildman–Crippen MR) is 58.2 cm³/mol. The zero-order valence-corrected chi connectivity index (χ0v) is 9.85. The second-order valence-electron chi connectivity index (χ2n) is 4.65. The quantitative estimate of drug-likeness (QED) is 0.667. The summed E-state index contributed by atoms with van der Waals surface area (Å²) in [5.74, 6) is -0.0132. The van der Waals surface area contributed by atoms with Crippen LogP contribution in [0.4, 0.5) is 0 Å². The van der Waals surface area contributed by atoms with Gasteiger partial charge in [0.05, 0.1) is 0 Å². The number of carbonyl (C=O) groups is 1. The van der Waals surface area contributed by atoms with Gasteiger partial charge in [0.2, 0.25) is 5.91 Å². The Morgan fingerprint density at radius 3 is 2.50 bits per heavy atom. The van der Waals surface area contributed by atoms with Crippen molar-refractivity contribution in [3.05, 3.63) is 0 Å². The van der Waals surface area contributed by atoms with Crippen molar-refractivity contribution in [2.45, 2.75) is 40.5 Å². The molecule has 0 aliphatic rings. The number of amides is 1. The first-order chi connectivity index (χ1) is 6.45. The van der Waals surface area contributed by atoms with E-state index in [0.717, 1.165) is 19.4 Å². The van der Waals surface area contributed by atoms with Crippen molar-refractivity contribution in [3.8, 4) is 0 Å². The van der Waals surface area contributed by atoms with E-state index < -0.39 is 0 Å². The summed E-state index contributed by atoms with van der Waals surface area (Å²) < 4.78 is 4.98. The van der Waals surface area contributed by atoms with Gasteiger partial charge in [-0.3, -0.25) is 4.79 Å². The fraction of sp³-hybridized carbons (Fsp3) is 0.909. The number of hydrogen-bond donors (Lipinski definition) is 1. The number of rotatable bonds is 6. The molecule has 1 N–H and O–H groups in total. The van der Waals surface area contributed by atoms with E-state index >= 15 is 0 Å². The highest BCUT2D eigenvalue weighted by molar-refractivity contribution is 5.77. The lowest BCUT2D eigenvalue weighted by Crippen LogP contribution is -2.29. The fourth-order valence-corrected chi connectivity index (χ4v) is 1.09. The summed E-state index contributed by atoms with van der Waals surface area (Å²) in [5.41, 5.74) is 0.352. The van der Waals surface area contributed by atoms with Crippen LogP contribution in [0, 0.1) is 5.41 Å². The standard InChI is InChI=1S/C11H23NO2/c1-5-14-9-10(13)12-8-6-7-11(2,3)4/h5-9H2,1-4H3,(H,12,13). The lowest BCUT2D eigenvalue weighted by atomic mass is 9.91. The molecule has 0 fully saturated rings. The summed E-state index contributed by atoms with van der Waals surface area (Å²) in [4.78, 5) is 11.1. The second-order valence-corrected chi connectivity index (χ2v) is 4.65. The van der Waals surface area contributed by atoms with Crippen molar-refractivity contribution < 1.29 is 9.53 Å². The Morgan fingerprint density at radius 2 is 2.00 bits per heavy atom. The van der Waals surface area contributed by atoms with Crippen LogP contribution in [-0.4, -0.2) is 25.7 Å². The van der Waals surface area contributed by atoms with Gasteiger partial charge in [0, 0.05) is 13.2 Å². The molecular formula is C11H23NO2. The predicted octanol–water partition coefficient (Wildman–Crippen LogP) is 1.97. The van der Waals surface area contributed by atoms with Crippen molar-refractivity contribution in [3.63, 3.8) is 0 Å². The van der Waals surface area contributed by atoms with E-state index in [9.17, 15) is 4.79 Å². The molecule has 0 rings (SSSR count). The zero-order valence-electron chi connectivity index (χ0n) is 9.85. The van der Waals surface area contributed by atoms with E-state index in [1.54, 1.807) is 0 Å². The molecule has 0 aliphatic heterocycles. The molecule has 0 bridgehead atoms. The monoisotopic (exact) mass is 201 g/mol. The van der Waals surface area contributed by atoms with E-state index in [1.807, 2.05) is 6.92 Å². The maximum Gasteiger partial charge on any atom is 0.245 e. The second kappa shape index (κ2) is 6.82. The van der Waals surface area contributed by atoms with Crippen molar-refractivity contribution in [1.82, 2.24) is 5.32 Å². The Balaban J connectivity index is 3.32. The Kier molecular flexibility index (Phi) is 6.54. The molecule has 14 heavy (non-hydrogen) atoms. The lowest BCUT2D eigenvalue weighted by molar-refractivity contribution is -0.125. The van der Waals surface area contributed by atoms with Gasteiger partial charge in [-0.1, -0.05) is 20.8 Å². The maximum atomic E-state index is 11.1. The molecule has 0 aliphatic carbocycles. The smallest absolute Gasteiger partial charge is 0.245 e. The molecule has 84 valence electrons. The third-order valence-corrected chi connectivity index (χ3v) is 1.86. The molecule has 0 radical (unpaired) electrons. The molecule has 3 nitrogen and oxygen atoms in total. The normalized spacial score (nSPS) is 11.4. The Labute approximate surface area is 87.2 Å². The summed E-state index contributed by atoms with van der Waals surface area (Å²) in [5, 5.41) is 2.83. The van der Waals surface area contributed by atoms with Gasteiger partial charge in [-0.25, -0.2) is 0 Å². The molecule has 0 atom stereocenters. The van der Waals surface area contributed by atoms with Crippen molar-refractivity contribution >= 4 is 5.91 Å². The van der Waals surface area contributed by atoms with E-state index in [1.165, 1.54) is 0 Å². The first-order valence-corrected chi connectivity index (χ1v) is 5.30. The van der Waals surface area contributed by atoms with E-state index in [-0.39, 0.29) is 12.5 Å². The van der Waals surface area contributed by atoms with Gasteiger partial charge < -0.3 is 10.1 Å². The van der Waals surface area contributed by atoms with E-state index in [2.05, 4.69) is 26.1 Å². The number of hydrogen-bond acceptors (Lipinski definition) is 2. The molecule has 0 saturated heterocycles. The summed E-state index contributed by atoms with van der Waals surface area (Å²) in [6.45, 7) is 10.0. The molecule has 1 amide bonds. The van der Waals surface area contributed by atoms with Crippen LogP contribution < -0.4 is 5.32 Å². The molecular weight excluding hydrogens is 178 g/mol. The largest absolute Gasteiger partial charge is 0.372 e. The molecule has 0 aromatic heterocycles. The van der Waals surface area contributed by atoms with Crippen LogP contribution in [-0.2, 0) is 9.53 Å². The highest BCUT2D eigenvalue weighted by Gasteiger charge is 2.09. The summed E-state index contributed by atoms with van der Waals surface area (Å²) in [6, 6.07) is 0. The van der Waals surface area contributed by atoms with Crippen LogP contribution >= 0.6 is 0 Å². The van der Waals surface area contributed by atoms with Crippen molar-refractivity contribution in [1.29, 1.82) is 0 Å². The van der Waals surface area contributed by atoms with Crippen molar-refractivity contribution in [2.75, 3.05) is 19.8 Å². The average molecular weight is 201 g/mol. The Morgan fingerprint density at radius 1 is 1.36 bits per heavy atom. The number of carbonyl (C=O) groups excluding carboxylic acids is 1. The lowest BCUT2D eigenvalue weighted by Gasteiger charge is -2.17. The summed E-state index contributed by atoms with van der Waals surface area (Å²) >= 11 is 0. The minimum atomic E-state index is -0.0132. The third-order valence-electron chi connectivity index (χ3n) is 1.86. The SMILES string of the molecule is CCOCC(=O)NCCCC(C)(C)C. The zero-order chi connectivity index (χ0) is 11.0. The van der Waals surface area contributed by atoms with Gasteiger partial charge in [0.1, 0.15) is 6.61 Å². The highest BCUT2D eigenvalue weighted by atomic mass is 16.5. The molecule has 0 aromatic carbocycles. The highest BCUT2D eigenvalue weighted by Crippen LogP contribution is 2.19. The number of nitrogens with one attached hydrogen (secondary N) is 1. The van der Waals surface area contributed by atoms with E-state index in [4.69, 9.17) is 4.74 Å². The van der Waals surface area contributed by atoms with Crippen LogP contribution in [0.2, 0.25) is 0 Å². The number of ether oxygens (including phenoxy) is 1. The van der Waals surface area contributed by atoms with E-state index in [0.29, 0.717) is 12.0 Å². The molecule has 0 aromatic rings. The van der Waals surface area contributed by atoms with Gasteiger partial charge in [-0.15, -0.1) is 0 Å². The van der Waals surface area contributed by atoms with Crippen LogP contribution in [0.25, 0.3) is 0 Å². The van der Waals surface area contributed by atoms with Crippen LogP contribution in [0.15, 0.2) is 0 Å². The van der Waals surface area contributed by atoms with Crippen LogP contribution in [0.1, 0.15) is 40.5 Å². The third kappa shape index (κ3) is 9.52. The summed E-state index contributed by atoms with van der Waals surface area (Å²) in [7, 11) is 0.